The standard InChI is InChI=1S/2C36H16N4O10S2/c41-25-11-19-28-18(35(43)40-24-10-14(52-50-48-46)2-8-22(24)38-34(19)40)6-4-16-30-26(42)12-20-27-17(5-3-15(31(27)30)29(25)32(16)28)33-37-21-7-1-13(51-49-47-45)9-23(21)39(33)36(20)44;41-25-11-19-27-17(35(43)39-23-9-13(51-50-49-45)1-7-21(23)37-33(19)39)5-3-15-30-26(42)12-20-28-18(6-4-16(32(28)30)29(25)31(15)27)36(44)40-24-10-14(52(46,47)48)2-8-22(24)38-34(20)40/h1-12,41-42,45-46H;1-12,41-42,45H,(H,46,47,48). The van der Waals surface area contributed by atoms with Gasteiger partial charge in [0.2, 0.25) is 0 Å². The van der Waals surface area contributed by atoms with E-state index >= 15 is 0 Å². The van der Waals surface area contributed by atoms with Gasteiger partial charge in [0, 0.05) is 117 Å². The van der Waals surface area contributed by atoms with E-state index in [0.29, 0.717) is 189 Å². The molecule has 22 aromatic rings. The van der Waals surface area contributed by atoms with Crippen molar-refractivity contribution in [1.29, 1.82) is 0 Å². The number of phenols is 4. The first-order chi connectivity index (χ1) is 50.4. The highest BCUT2D eigenvalue weighted by Crippen LogP contribution is 2.54. The van der Waals surface area contributed by atoms with Crippen molar-refractivity contribution >= 4 is 242 Å². The fourth-order valence-electron chi connectivity index (χ4n) is 16.3. The van der Waals surface area contributed by atoms with Crippen molar-refractivity contribution in [2.24, 2.45) is 0 Å². The molecule has 0 unspecified atom stereocenters. The summed E-state index contributed by atoms with van der Waals surface area (Å²) in [6.45, 7) is 0. The van der Waals surface area contributed by atoms with E-state index in [2.05, 4.69) is 33.1 Å². The minimum Gasteiger partial charge on any atom is -0.507 e. The molecule has 32 heteroatoms. The Kier molecular flexibility index (Phi) is 12.3. The van der Waals surface area contributed by atoms with Gasteiger partial charge in [-0.3, -0.25) is 41.3 Å². The SMILES string of the molecule is O=c1c2cc(O)c3c4ccc5c(=O)n6c7cc(SOOO)ccc7nc6c6cc(O)c(c7ccc(c2c73)c2nc3ccc(SOOO)cc3n12)c4c56.O=c1c2ccc3c4c(O)cc5c6c(ccc(c7c(O)cc(c2c37)c2nc3ccc(SOOO)cc3n12)c46)c(=O)n1c2cc(S(=O)(=O)O)ccc2nc51. The van der Waals surface area contributed by atoms with Gasteiger partial charge in [0.15, 0.2) is 0 Å². The number of imidazole rings is 4. The Morgan fingerprint density at radius 2 is 0.567 bits per heavy atom. The van der Waals surface area contributed by atoms with Crippen LogP contribution in [0.25, 0.3) is 196 Å². The van der Waals surface area contributed by atoms with Gasteiger partial charge in [-0.2, -0.15) is 8.42 Å². The quantitative estimate of drug-likeness (QED) is 0.0157. The molecule has 0 aliphatic rings. The summed E-state index contributed by atoms with van der Waals surface area (Å²) in [5.74, 6) is -0.479. The van der Waals surface area contributed by atoms with Gasteiger partial charge in [0.1, 0.15) is 45.6 Å². The van der Waals surface area contributed by atoms with Crippen molar-refractivity contribution in [2.45, 2.75) is 19.6 Å². The summed E-state index contributed by atoms with van der Waals surface area (Å²) in [5, 5.41) is 96.0. The van der Waals surface area contributed by atoms with Crippen molar-refractivity contribution in [3.05, 3.63) is 187 Å². The van der Waals surface area contributed by atoms with Crippen LogP contribution in [0.5, 0.6) is 23.0 Å². The van der Waals surface area contributed by atoms with Gasteiger partial charge in [-0.1, -0.05) is 39.4 Å². The third-order valence-electron chi connectivity index (χ3n) is 20.1. The smallest absolute Gasteiger partial charge is 0.294 e. The van der Waals surface area contributed by atoms with Crippen molar-refractivity contribution < 1.29 is 77.3 Å². The molecule has 504 valence electrons. The summed E-state index contributed by atoms with van der Waals surface area (Å²) in [4.78, 5) is 77.3. The predicted octanol–water partition coefficient (Wildman–Crippen LogP) is 13.8. The molecule has 14 aromatic carbocycles. The minimum atomic E-state index is -4.58. The second kappa shape index (κ2) is 21.1. The first kappa shape index (κ1) is 60.8. The predicted molar refractivity (Wildman–Crippen MR) is 389 cm³/mol. The van der Waals surface area contributed by atoms with E-state index in [0.717, 1.165) is 36.1 Å². The molecular formula is C72H32N8O20S4. The van der Waals surface area contributed by atoms with Gasteiger partial charge in [-0.05, 0) is 143 Å². The Labute approximate surface area is 583 Å². The number of aromatic hydroxyl groups is 4. The molecule has 0 saturated heterocycles. The zero-order chi connectivity index (χ0) is 70.7. The molecule has 0 atom stereocenters. The van der Waals surface area contributed by atoms with Gasteiger partial charge >= 0.3 is 0 Å². The van der Waals surface area contributed by atoms with Crippen LogP contribution < -0.4 is 22.2 Å². The molecule has 0 fully saturated rings. The van der Waals surface area contributed by atoms with Crippen LogP contribution in [0.15, 0.2) is 184 Å². The lowest BCUT2D eigenvalue weighted by molar-refractivity contribution is -0.432. The third-order valence-corrected chi connectivity index (χ3v) is 22.7. The molecule has 0 spiro atoms. The average molecular weight is 1460 g/mol. The van der Waals surface area contributed by atoms with E-state index in [1.807, 2.05) is 12.1 Å². The number of benzene rings is 14. The van der Waals surface area contributed by atoms with Crippen molar-refractivity contribution in [3.8, 4) is 23.0 Å². The van der Waals surface area contributed by atoms with Crippen molar-refractivity contribution in [3.63, 3.8) is 0 Å². The zero-order valence-corrected chi connectivity index (χ0v) is 54.8. The monoisotopic (exact) mass is 1460 g/mol. The Morgan fingerprint density at radius 1 is 0.298 bits per heavy atom. The molecule has 0 amide bonds. The molecular weight excluding hydrogens is 1430 g/mol. The Morgan fingerprint density at radius 3 is 0.894 bits per heavy atom. The Balaban J connectivity index is 0.000000134. The fraction of sp³-hybridized carbons (Fsp3) is 0. The maximum absolute atomic E-state index is 14.3. The third kappa shape index (κ3) is 7.82. The van der Waals surface area contributed by atoms with Crippen molar-refractivity contribution in [1.82, 2.24) is 37.5 Å². The van der Waals surface area contributed by atoms with Gasteiger partial charge in [0.25, 0.3) is 32.4 Å². The van der Waals surface area contributed by atoms with Crippen LogP contribution in [-0.2, 0) is 38.2 Å². The summed E-state index contributed by atoms with van der Waals surface area (Å²) in [7, 11) is -4.58. The molecule has 22 rings (SSSR count). The van der Waals surface area contributed by atoms with Crippen LogP contribution in [-0.4, -0.2) is 86.7 Å². The number of fused-ring (bicyclic) bond motifs is 20. The maximum Gasteiger partial charge on any atom is 0.294 e. The number of phenolic OH excluding ortho intramolecular Hbond substituents is 4. The van der Waals surface area contributed by atoms with E-state index in [4.69, 9.17) is 30.7 Å². The van der Waals surface area contributed by atoms with Crippen LogP contribution in [0.2, 0.25) is 0 Å². The van der Waals surface area contributed by atoms with E-state index < -0.39 is 26.1 Å². The van der Waals surface area contributed by atoms with Gasteiger partial charge in [0.05, 0.1) is 90.5 Å². The van der Waals surface area contributed by atoms with E-state index in [1.54, 1.807) is 103 Å². The number of pyridine rings is 4. The lowest BCUT2D eigenvalue weighted by atomic mass is 9.85. The summed E-state index contributed by atoms with van der Waals surface area (Å²) >= 11 is 2.25. The first-order valence-corrected chi connectivity index (χ1v) is 34.6. The normalized spacial score (nSPS) is 13.0. The topological polar surface area (TPSA) is 389 Å². The molecule has 28 nitrogen and oxygen atoms in total. The lowest BCUT2D eigenvalue weighted by Crippen LogP contribution is -2.14. The Hall–Kier alpha value is -12.0. The van der Waals surface area contributed by atoms with Crippen LogP contribution in [0.4, 0.5) is 0 Å². The van der Waals surface area contributed by atoms with Gasteiger partial charge < -0.3 is 20.4 Å². The number of aromatic nitrogens is 8. The van der Waals surface area contributed by atoms with E-state index in [9.17, 15) is 52.6 Å². The van der Waals surface area contributed by atoms with Crippen LogP contribution >= 0.6 is 36.1 Å². The number of hydrogen-bond acceptors (Lipinski definition) is 26. The molecule has 8 heterocycles. The van der Waals surface area contributed by atoms with Gasteiger partial charge in [-0.25, -0.2) is 35.7 Å². The molecule has 0 bridgehead atoms. The number of hydrogen-bond donors (Lipinski definition) is 8. The first-order valence-electron chi connectivity index (χ1n) is 31.0. The molecule has 0 saturated carbocycles. The second-order valence-electron chi connectivity index (χ2n) is 25.0. The summed E-state index contributed by atoms with van der Waals surface area (Å²) in [5.41, 5.74) is 3.07. The number of nitrogens with zero attached hydrogens (tertiary/aromatic N) is 8. The summed E-state index contributed by atoms with van der Waals surface area (Å²) in [6.07, 6.45) is 0. The molecule has 0 aliphatic carbocycles. The fourth-order valence-corrected chi connectivity index (χ4v) is 18.0. The molecule has 8 N–H and O–H groups in total. The maximum atomic E-state index is 14.3. The average Bonchev–Trinajstić information content (AvgIpc) is 1.09. The van der Waals surface area contributed by atoms with Crippen molar-refractivity contribution in [2.75, 3.05) is 0 Å². The largest absolute Gasteiger partial charge is 0.507 e. The Bertz CT molecular complexity index is 8060. The minimum absolute atomic E-state index is 0.0714. The molecule has 0 aliphatic heterocycles. The van der Waals surface area contributed by atoms with Crippen LogP contribution in [0.3, 0.4) is 0 Å². The van der Waals surface area contributed by atoms with E-state index in [-0.39, 0.29) is 56.1 Å². The highest BCUT2D eigenvalue weighted by Gasteiger charge is 2.31. The molecule has 8 aromatic heterocycles. The van der Waals surface area contributed by atoms with Crippen LogP contribution in [0, 0.1) is 0 Å². The highest BCUT2D eigenvalue weighted by atomic mass is 32.2. The van der Waals surface area contributed by atoms with E-state index in [1.165, 1.54) is 47.9 Å². The summed E-state index contributed by atoms with van der Waals surface area (Å²) < 4.78 is 53.0. The molecule has 0 radical (unpaired) electrons. The summed E-state index contributed by atoms with van der Waals surface area (Å²) in [6, 6.07) is 38.9. The number of rotatable bonds is 10. The zero-order valence-electron chi connectivity index (χ0n) is 51.5. The lowest BCUT2D eigenvalue weighted by Gasteiger charge is -2.19. The second-order valence-corrected chi connectivity index (χ2v) is 28.7. The van der Waals surface area contributed by atoms with Gasteiger partial charge in [-0.15, -0.1) is 13.0 Å². The molecule has 104 heavy (non-hydrogen) atoms. The van der Waals surface area contributed by atoms with Crippen LogP contribution in [0.1, 0.15) is 0 Å². The highest BCUT2D eigenvalue weighted by molar-refractivity contribution is 7.95.